The summed E-state index contributed by atoms with van der Waals surface area (Å²) < 4.78 is 0. The number of allylic oxidation sites excluding steroid dienone is 1. The van der Waals surface area contributed by atoms with Gasteiger partial charge in [-0.05, 0) is 68.8 Å². The molecule has 0 radical (unpaired) electrons. The summed E-state index contributed by atoms with van der Waals surface area (Å²) in [5, 5.41) is 11.1. The highest BCUT2D eigenvalue weighted by Gasteiger charge is 2.22. The predicted molar refractivity (Wildman–Crippen MR) is 113 cm³/mol. The number of nitrogens with one attached hydrogen (secondary N) is 3. The first kappa shape index (κ1) is 19.4. The van der Waals surface area contributed by atoms with E-state index in [0.29, 0.717) is 5.02 Å². The molecule has 0 saturated heterocycles. The van der Waals surface area contributed by atoms with Crippen molar-refractivity contribution < 1.29 is 0 Å². The van der Waals surface area contributed by atoms with Crippen molar-refractivity contribution >= 4 is 23.1 Å². The zero-order valence-corrected chi connectivity index (χ0v) is 16.7. The van der Waals surface area contributed by atoms with Crippen LogP contribution in [0.25, 0.3) is 0 Å². The number of halogens is 1. The lowest BCUT2D eigenvalue weighted by Crippen LogP contribution is -2.31. The van der Waals surface area contributed by atoms with Crippen molar-refractivity contribution in [3.05, 3.63) is 70.6 Å². The maximum absolute atomic E-state index is 6.23. The number of nitrogens with zero attached hydrogens (tertiary/aromatic N) is 2. The molecule has 2 aromatic rings. The van der Waals surface area contributed by atoms with Gasteiger partial charge in [-0.15, -0.1) is 0 Å². The van der Waals surface area contributed by atoms with Gasteiger partial charge in [0.1, 0.15) is 12.0 Å². The van der Waals surface area contributed by atoms with Crippen LogP contribution in [-0.4, -0.2) is 23.4 Å². The quantitative estimate of drug-likeness (QED) is 0.687. The third-order valence-electron chi connectivity index (χ3n) is 4.34. The van der Waals surface area contributed by atoms with E-state index < -0.39 is 0 Å². The van der Waals surface area contributed by atoms with Gasteiger partial charge in [-0.2, -0.15) is 0 Å². The van der Waals surface area contributed by atoms with Crippen molar-refractivity contribution in [2.45, 2.75) is 39.4 Å². The van der Waals surface area contributed by atoms with Crippen molar-refractivity contribution in [1.82, 2.24) is 15.6 Å². The Morgan fingerprint density at radius 1 is 1.30 bits per heavy atom. The van der Waals surface area contributed by atoms with Crippen molar-refractivity contribution in [3.8, 4) is 0 Å². The number of fused-ring (bicyclic) bond motifs is 1. The number of aromatic nitrogens is 1. The van der Waals surface area contributed by atoms with Crippen LogP contribution in [-0.2, 0) is 0 Å². The molecule has 0 aliphatic carbocycles. The summed E-state index contributed by atoms with van der Waals surface area (Å²) in [6.07, 6.45) is 6.67. The number of benzene rings is 1. The Balaban J connectivity index is 1.88. The summed E-state index contributed by atoms with van der Waals surface area (Å²) in [5.41, 5.74) is 4.08. The zero-order valence-electron chi connectivity index (χ0n) is 16.0. The van der Waals surface area contributed by atoms with Gasteiger partial charge in [0.05, 0.1) is 0 Å². The van der Waals surface area contributed by atoms with Crippen LogP contribution in [0.4, 0.5) is 5.69 Å². The Morgan fingerprint density at radius 2 is 2.07 bits per heavy atom. The minimum Gasteiger partial charge on any atom is -0.359 e. The third kappa shape index (κ3) is 5.08. The Kier molecular flexibility index (Phi) is 6.48. The Labute approximate surface area is 166 Å². The second-order valence-corrected chi connectivity index (χ2v) is 7.15. The Hall–Kier alpha value is -2.37. The molecule has 5 nitrogen and oxygen atoms in total. The maximum Gasteiger partial charge on any atom is 0.147 e. The van der Waals surface area contributed by atoms with Gasteiger partial charge in [0, 0.05) is 40.4 Å². The molecule has 2 heterocycles. The van der Waals surface area contributed by atoms with Gasteiger partial charge in [0.25, 0.3) is 0 Å². The summed E-state index contributed by atoms with van der Waals surface area (Å²) in [5.74, 6) is 0.810. The molecule has 2 unspecified atom stereocenters. The Bertz CT molecular complexity index is 832. The van der Waals surface area contributed by atoms with Crippen molar-refractivity contribution in [2.24, 2.45) is 4.99 Å². The van der Waals surface area contributed by atoms with E-state index in [1.807, 2.05) is 30.3 Å². The van der Waals surface area contributed by atoms with Gasteiger partial charge in [-0.25, -0.2) is 4.99 Å². The van der Waals surface area contributed by atoms with E-state index in [2.05, 4.69) is 47.8 Å². The van der Waals surface area contributed by atoms with E-state index in [9.17, 15) is 0 Å². The number of pyridine rings is 1. The lowest BCUT2D eigenvalue weighted by molar-refractivity contribution is 0.620. The molecule has 142 valence electrons. The fourth-order valence-corrected chi connectivity index (χ4v) is 3.23. The first-order valence-corrected chi connectivity index (χ1v) is 9.67. The van der Waals surface area contributed by atoms with E-state index >= 15 is 0 Å². The normalized spacial score (nSPS) is 17.6. The van der Waals surface area contributed by atoms with Crippen molar-refractivity contribution in [2.75, 3.05) is 11.9 Å². The molecular formula is C21H26ClN5. The van der Waals surface area contributed by atoms with Crippen LogP contribution in [0.15, 0.2) is 59.5 Å². The van der Waals surface area contributed by atoms with Gasteiger partial charge in [-0.3, -0.25) is 4.98 Å². The second-order valence-electron chi connectivity index (χ2n) is 6.71. The molecule has 2 atom stereocenters. The number of rotatable bonds is 6. The van der Waals surface area contributed by atoms with Crippen LogP contribution in [0.1, 0.15) is 44.5 Å². The van der Waals surface area contributed by atoms with Gasteiger partial charge in [0.15, 0.2) is 0 Å². The van der Waals surface area contributed by atoms with Crippen LogP contribution >= 0.6 is 11.6 Å². The molecule has 0 spiro atoms. The van der Waals surface area contributed by atoms with E-state index in [-0.39, 0.29) is 12.2 Å². The molecule has 0 saturated carbocycles. The fraction of sp³-hybridized carbons (Fsp3) is 0.333. The molecular weight excluding hydrogens is 358 g/mol. The molecule has 1 aliphatic rings. The second kappa shape index (κ2) is 9.02. The van der Waals surface area contributed by atoms with Gasteiger partial charge < -0.3 is 16.0 Å². The summed E-state index contributed by atoms with van der Waals surface area (Å²) in [6, 6.07) is 10.0. The molecule has 0 amide bonds. The molecule has 27 heavy (non-hydrogen) atoms. The fourth-order valence-electron chi connectivity index (χ4n) is 3.05. The maximum atomic E-state index is 6.23. The van der Waals surface area contributed by atoms with Crippen LogP contribution in [0.3, 0.4) is 0 Å². The number of amidine groups is 1. The lowest BCUT2D eigenvalue weighted by Gasteiger charge is -2.27. The highest BCUT2D eigenvalue weighted by Crippen LogP contribution is 2.31. The number of anilines is 1. The average molecular weight is 384 g/mol. The molecule has 3 N–H and O–H groups in total. The molecule has 1 aromatic heterocycles. The highest BCUT2D eigenvalue weighted by molar-refractivity contribution is 6.31. The number of hydrogen-bond donors (Lipinski definition) is 3. The van der Waals surface area contributed by atoms with E-state index in [0.717, 1.165) is 41.3 Å². The van der Waals surface area contributed by atoms with E-state index in [4.69, 9.17) is 16.6 Å². The Morgan fingerprint density at radius 3 is 2.81 bits per heavy atom. The number of hydrogen-bond acceptors (Lipinski definition) is 5. The minimum atomic E-state index is -0.174. The standard InChI is InChI=1S/C21H26ClN5/c1-4-9-24-14(2)12-15(3)25-21-18-13-17(22)5-6-19(18)26-20(27-21)16-7-10-23-11-8-16/h5-8,10-14,20,24,26H,4,9H2,1-3H3,(H,25,27)/b15-12+. The van der Waals surface area contributed by atoms with Crippen molar-refractivity contribution in [3.63, 3.8) is 0 Å². The van der Waals surface area contributed by atoms with Gasteiger partial charge >= 0.3 is 0 Å². The van der Waals surface area contributed by atoms with Crippen molar-refractivity contribution in [1.29, 1.82) is 0 Å². The van der Waals surface area contributed by atoms with E-state index in [1.165, 1.54) is 0 Å². The van der Waals surface area contributed by atoms with Gasteiger partial charge in [0.2, 0.25) is 0 Å². The topological polar surface area (TPSA) is 61.3 Å². The minimum absolute atomic E-state index is 0.174. The largest absolute Gasteiger partial charge is 0.359 e. The summed E-state index contributed by atoms with van der Waals surface area (Å²) >= 11 is 6.23. The lowest BCUT2D eigenvalue weighted by atomic mass is 10.1. The predicted octanol–water partition coefficient (Wildman–Crippen LogP) is 4.49. The first-order chi connectivity index (χ1) is 13.1. The molecule has 0 fully saturated rings. The first-order valence-electron chi connectivity index (χ1n) is 9.30. The molecule has 3 rings (SSSR count). The molecule has 6 heteroatoms. The van der Waals surface area contributed by atoms with Crippen LogP contribution in [0.2, 0.25) is 5.02 Å². The van der Waals surface area contributed by atoms with E-state index in [1.54, 1.807) is 12.4 Å². The monoisotopic (exact) mass is 383 g/mol. The third-order valence-corrected chi connectivity index (χ3v) is 4.58. The smallest absolute Gasteiger partial charge is 0.147 e. The summed E-state index contributed by atoms with van der Waals surface area (Å²) in [6.45, 7) is 7.37. The number of aliphatic imine (C=N–C) groups is 1. The molecule has 1 aliphatic heterocycles. The van der Waals surface area contributed by atoms with Crippen LogP contribution in [0, 0.1) is 0 Å². The molecule has 0 bridgehead atoms. The SMILES string of the molecule is CCCNC(C)/C=C(\C)NC1=NC(c2ccncc2)Nc2ccc(Cl)cc21. The summed E-state index contributed by atoms with van der Waals surface area (Å²) in [4.78, 5) is 8.99. The zero-order chi connectivity index (χ0) is 19.2. The average Bonchev–Trinajstić information content (AvgIpc) is 2.67. The summed E-state index contributed by atoms with van der Waals surface area (Å²) in [7, 11) is 0. The highest BCUT2D eigenvalue weighted by atomic mass is 35.5. The molecule has 1 aromatic carbocycles. The van der Waals surface area contributed by atoms with Crippen LogP contribution < -0.4 is 16.0 Å². The van der Waals surface area contributed by atoms with Crippen LogP contribution in [0.5, 0.6) is 0 Å². The van der Waals surface area contributed by atoms with Gasteiger partial charge in [-0.1, -0.05) is 18.5 Å².